The number of nitrogens with two attached hydrogens (primary N) is 1. The zero-order valence-electron chi connectivity index (χ0n) is 10.5. The molecule has 1 aromatic heterocycles. The number of rotatable bonds is 4. The summed E-state index contributed by atoms with van der Waals surface area (Å²) in [5, 5.41) is 3.64. The molecule has 2 aromatic rings. The predicted molar refractivity (Wildman–Crippen MR) is 77.0 cm³/mol. The quantitative estimate of drug-likeness (QED) is 0.917. The molecular formula is C15H19NOS. The summed E-state index contributed by atoms with van der Waals surface area (Å²) in [6.45, 7) is 1.82. The largest absolute Gasteiger partial charge is 0.381 e. The molecule has 1 aromatic carbocycles. The van der Waals surface area contributed by atoms with Crippen molar-refractivity contribution in [3.8, 4) is 0 Å². The van der Waals surface area contributed by atoms with E-state index in [9.17, 15) is 0 Å². The van der Waals surface area contributed by atoms with Crippen LogP contribution in [-0.4, -0.2) is 19.3 Å². The maximum Gasteiger partial charge on any atom is 0.0495 e. The lowest BCUT2D eigenvalue weighted by atomic mass is 9.95. The van der Waals surface area contributed by atoms with Crippen LogP contribution in [0.2, 0.25) is 0 Å². The van der Waals surface area contributed by atoms with Crippen molar-refractivity contribution in [3.05, 3.63) is 35.2 Å². The maximum atomic E-state index is 6.28. The summed E-state index contributed by atoms with van der Waals surface area (Å²) in [4.78, 5) is 0. The van der Waals surface area contributed by atoms with Gasteiger partial charge in [-0.25, -0.2) is 0 Å². The lowest BCUT2D eigenvalue weighted by molar-refractivity contribution is 0.182. The Labute approximate surface area is 112 Å². The van der Waals surface area contributed by atoms with Gasteiger partial charge in [0, 0.05) is 24.0 Å². The molecule has 1 fully saturated rings. The van der Waals surface area contributed by atoms with Crippen molar-refractivity contribution in [1.29, 1.82) is 0 Å². The third kappa shape index (κ3) is 2.58. The van der Waals surface area contributed by atoms with Crippen molar-refractivity contribution in [2.45, 2.75) is 25.3 Å². The highest BCUT2D eigenvalue weighted by atomic mass is 32.1. The summed E-state index contributed by atoms with van der Waals surface area (Å²) in [5.41, 5.74) is 7.69. The van der Waals surface area contributed by atoms with Gasteiger partial charge in [-0.2, -0.15) is 0 Å². The fourth-order valence-corrected chi connectivity index (χ4v) is 3.73. The normalized spacial score (nSPS) is 21.5. The van der Waals surface area contributed by atoms with E-state index in [1.54, 1.807) is 0 Å². The van der Waals surface area contributed by atoms with E-state index in [0.29, 0.717) is 5.92 Å². The van der Waals surface area contributed by atoms with Gasteiger partial charge >= 0.3 is 0 Å². The molecule has 2 unspecified atom stereocenters. The molecule has 0 amide bonds. The van der Waals surface area contributed by atoms with Crippen LogP contribution >= 0.6 is 11.3 Å². The van der Waals surface area contributed by atoms with E-state index in [4.69, 9.17) is 10.5 Å². The SMILES string of the molecule is NC(Cc1csc2ccccc12)CC1CCOC1. The van der Waals surface area contributed by atoms with E-state index in [1.807, 2.05) is 11.3 Å². The summed E-state index contributed by atoms with van der Waals surface area (Å²) in [6.07, 6.45) is 3.25. The number of fused-ring (bicyclic) bond motifs is 1. The van der Waals surface area contributed by atoms with Crippen LogP contribution in [0.1, 0.15) is 18.4 Å². The van der Waals surface area contributed by atoms with Gasteiger partial charge in [0.1, 0.15) is 0 Å². The molecule has 2 nitrogen and oxygen atoms in total. The highest BCUT2D eigenvalue weighted by Crippen LogP contribution is 2.27. The van der Waals surface area contributed by atoms with Crippen molar-refractivity contribution in [2.75, 3.05) is 13.2 Å². The van der Waals surface area contributed by atoms with E-state index in [2.05, 4.69) is 29.6 Å². The summed E-state index contributed by atoms with van der Waals surface area (Å²) in [5.74, 6) is 0.671. The second-order valence-electron chi connectivity index (χ2n) is 5.19. The van der Waals surface area contributed by atoms with E-state index in [-0.39, 0.29) is 6.04 Å². The van der Waals surface area contributed by atoms with Crippen LogP contribution < -0.4 is 5.73 Å². The van der Waals surface area contributed by atoms with Crippen LogP contribution in [0.25, 0.3) is 10.1 Å². The van der Waals surface area contributed by atoms with E-state index >= 15 is 0 Å². The van der Waals surface area contributed by atoms with Crippen LogP contribution in [-0.2, 0) is 11.2 Å². The monoisotopic (exact) mass is 261 g/mol. The van der Waals surface area contributed by atoms with E-state index < -0.39 is 0 Å². The Bertz CT molecular complexity index is 516. The maximum absolute atomic E-state index is 6.28. The molecule has 18 heavy (non-hydrogen) atoms. The fraction of sp³-hybridized carbons (Fsp3) is 0.467. The van der Waals surface area contributed by atoms with E-state index in [1.165, 1.54) is 22.1 Å². The topological polar surface area (TPSA) is 35.2 Å². The van der Waals surface area contributed by atoms with Crippen LogP contribution in [0.15, 0.2) is 29.6 Å². The fourth-order valence-electron chi connectivity index (χ4n) is 2.75. The molecule has 3 rings (SSSR count). The Morgan fingerprint density at radius 1 is 1.39 bits per heavy atom. The van der Waals surface area contributed by atoms with Crippen molar-refractivity contribution in [1.82, 2.24) is 0 Å². The van der Waals surface area contributed by atoms with Gasteiger partial charge in [0.15, 0.2) is 0 Å². The minimum atomic E-state index is 0.259. The lowest BCUT2D eigenvalue weighted by Crippen LogP contribution is -2.26. The molecule has 0 saturated carbocycles. The number of thiophene rings is 1. The third-order valence-corrected chi connectivity index (χ3v) is 4.72. The minimum Gasteiger partial charge on any atom is -0.381 e. The minimum absolute atomic E-state index is 0.259. The second-order valence-corrected chi connectivity index (χ2v) is 6.10. The number of ether oxygens (including phenoxy) is 1. The zero-order chi connectivity index (χ0) is 12.4. The number of hydrogen-bond donors (Lipinski definition) is 1. The molecule has 0 bridgehead atoms. The molecule has 1 saturated heterocycles. The molecule has 96 valence electrons. The Kier molecular flexibility index (Phi) is 3.64. The van der Waals surface area contributed by atoms with Crippen LogP contribution in [0.5, 0.6) is 0 Å². The summed E-state index contributed by atoms with van der Waals surface area (Å²) < 4.78 is 6.77. The molecule has 3 heteroatoms. The average molecular weight is 261 g/mol. The van der Waals surface area contributed by atoms with Crippen LogP contribution in [0, 0.1) is 5.92 Å². The van der Waals surface area contributed by atoms with Gasteiger partial charge in [0.25, 0.3) is 0 Å². The molecule has 1 aliphatic heterocycles. The zero-order valence-corrected chi connectivity index (χ0v) is 11.3. The molecule has 0 spiro atoms. The van der Waals surface area contributed by atoms with Gasteiger partial charge in [-0.15, -0.1) is 11.3 Å². The first-order chi connectivity index (χ1) is 8.83. The average Bonchev–Trinajstić information content (AvgIpc) is 3.00. The van der Waals surface area contributed by atoms with Gasteiger partial charge in [-0.3, -0.25) is 0 Å². The lowest BCUT2D eigenvalue weighted by Gasteiger charge is -2.14. The first kappa shape index (κ1) is 12.2. The van der Waals surface area contributed by atoms with Crippen molar-refractivity contribution in [2.24, 2.45) is 11.7 Å². The predicted octanol–water partition coefficient (Wildman–Crippen LogP) is 3.20. The molecule has 2 heterocycles. The van der Waals surface area contributed by atoms with Gasteiger partial charge in [-0.1, -0.05) is 18.2 Å². The first-order valence-electron chi connectivity index (χ1n) is 6.61. The highest BCUT2D eigenvalue weighted by molar-refractivity contribution is 7.17. The molecule has 1 aliphatic rings. The third-order valence-electron chi connectivity index (χ3n) is 3.70. The summed E-state index contributed by atoms with van der Waals surface area (Å²) in [6, 6.07) is 8.84. The van der Waals surface area contributed by atoms with Gasteiger partial charge in [0.05, 0.1) is 0 Å². The molecule has 0 radical (unpaired) electrons. The van der Waals surface area contributed by atoms with Gasteiger partial charge < -0.3 is 10.5 Å². The summed E-state index contributed by atoms with van der Waals surface area (Å²) in [7, 11) is 0. The Hall–Kier alpha value is -0.900. The van der Waals surface area contributed by atoms with Crippen molar-refractivity contribution in [3.63, 3.8) is 0 Å². The van der Waals surface area contributed by atoms with Crippen LogP contribution in [0.3, 0.4) is 0 Å². The van der Waals surface area contributed by atoms with Crippen LogP contribution in [0.4, 0.5) is 0 Å². The summed E-state index contributed by atoms with van der Waals surface area (Å²) >= 11 is 1.82. The number of benzene rings is 1. The van der Waals surface area contributed by atoms with Crippen molar-refractivity contribution >= 4 is 21.4 Å². The second kappa shape index (κ2) is 5.39. The molecule has 0 aliphatic carbocycles. The van der Waals surface area contributed by atoms with E-state index in [0.717, 1.165) is 26.1 Å². The van der Waals surface area contributed by atoms with Gasteiger partial charge in [-0.05, 0) is 47.6 Å². The molecule has 2 atom stereocenters. The smallest absolute Gasteiger partial charge is 0.0495 e. The molecular weight excluding hydrogens is 242 g/mol. The standard InChI is InChI=1S/C15H19NOS/c16-13(7-11-5-6-17-9-11)8-12-10-18-15-4-2-1-3-14(12)15/h1-4,10-11,13H,5-9,16H2. The Balaban J connectivity index is 1.67. The number of hydrogen-bond acceptors (Lipinski definition) is 3. The highest BCUT2D eigenvalue weighted by Gasteiger charge is 2.19. The van der Waals surface area contributed by atoms with Crippen molar-refractivity contribution < 1.29 is 4.74 Å². The van der Waals surface area contributed by atoms with Gasteiger partial charge in [0.2, 0.25) is 0 Å². The Morgan fingerprint density at radius 3 is 3.11 bits per heavy atom. The molecule has 2 N–H and O–H groups in total. The first-order valence-corrected chi connectivity index (χ1v) is 7.49. The Morgan fingerprint density at radius 2 is 2.28 bits per heavy atom.